The second-order valence-electron chi connectivity index (χ2n) is 5.31. The van der Waals surface area contributed by atoms with E-state index in [1.807, 2.05) is 31.2 Å². The molecule has 2 rings (SSSR count). The van der Waals surface area contributed by atoms with Crippen molar-refractivity contribution in [2.45, 2.75) is 38.6 Å². The lowest BCUT2D eigenvalue weighted by molar-refractivity contribution is 0.199. The molecule has 0 spiro atoms. The van der Waals surface area contributed by atoms with Gasteiger partial charge in [-0.25, -0.2) is 0 Å². The summed E-state index contributed by atoms with van der Waals surface area (Å²) in [4.78, 5) is 0.465. The predicted molar refractivity (Wildman–Crippen MR) is 124 cm³/mol. The van der Waals surface area contributed by atoms with Crippen LogP contribution in [0.1, 0.15) is 47.0 Å². The molecular formula is C18H23Br4OP. The first-order valence-corrected chi connectivity index (χ1v) is 15.7. The van der Waals surface area contributed by atoms with E-state index in [-0.39, 0.29) is 10.1 Å². The van der Waals surface area contributed by atoms with Crippen LogP contribution in [0.3, 0.4) is 0 Å². The molecule has 2 aromatic carbocycles. The van der Waals surface area contributed by atoms with Gasteiger partial charge in [-0.3, -0.25) is 0 Å². The van der Waals surface area contributed by atoms with Gasteiger partial charge < -0.3 is 5.11 Å². The molecule has 0 aliphatic carbocycles. The largest absolute Gasteiger partial charge is 0.389 e. The summed E-state index contributed by atoms with van der Waals surface area (Å²) in [6, 6.07) is 16.4. The molecule has 0 fully saturated rings. The average Bonchev–Trinajstić information content (AvgIpc) is 2.47. The number of aryl methyl sites for hydroxylation is 2. The van der Waals surface area contributed by atoms with Crippen LogP contribution >= 0.6 is 66.4 Å². The Morgan fingerprint density at radius 1 is 0.833 bits per heavy atom. The maximum atomic E-state index is 9.15. The highest BCUT2D eigenvalue weighted by atomic mass is 80.0. The van der Waals surface area contributed by atoms with Gasteiger partial charge in [0, 0.05) is 4.83 Å². The number of halogens is 4. The number of rotatable bonds is 2. The molecule has 1 N–H and O–H groups in total. The van der Waals surface area contributed by atoms with Gasteiger partial charge in [0.05, 0.1) is 6.10 Å². The minimum atomic E-state index is -0.347. The van der Waals surface area contributed by atoms with Gasteiger partial charge >= 0.3 is 0 Å². The molecule has 0 heterocycles. The van der Waals surface area contributed by atoms with Crippen LogP contribution in [0.5, 0.6) is 0 Å². The van der Waals surface area contributed by atoms with Crippen LogP contribution in [-0.4, -0.2) is 5.11 Å². The normalized spacial score (nSPS) is 12.4. The van der Waals surface area contributed by atoms with Crippen molar-refractivity contribution >= 4 is 66.4 Å². The summed E-state index contributed by atoms with van der Waals surface area (Å²) in [7, 11) is 0. The molecule has 0 aliphatic heterocycles. The third kappa shape index (κ3) is 13.0. The summed E-state index contributed by atoms with van der Waals surface area (Å²) in [6.07, 6.45) is -0.347. The van der Waals surface area contributed by atoms with Crippen molar-refractivity contribution in [3.63, 3.8) is 0 Å². The van der Waals surface area contributed by atoms with Gasteiger partial charge in [-0.05, 0) is 85.3 Å². The van der Waals surface area contributed by atoms with Crippen molar-refractivity contribution in [1.82, 2.24) is 0 Å². The molecule has 0 aliphatic rings. The first-order chi connectivity index (χ1) is 11.1. The lowest BCUT2D eigenvalue weighted by Crippen LogP contribution is -1.89. The molecule has 2 unspecified atom stereocenters. The van der Waals surface area contributed by atoms with Crippen LogP contribution in [0.4, 0.5) is 0 Å². The summed E-state index contributed by atoms with van der Waals surface area (Å²) in [6.45, 7) is 8.04. The molecule has 1 nitrogen and oxygen atoms in total. The third-order valence-electron chi connectivity index (χ3n) is 3.03. The SMILES string of the molecule is BrP(Br)Br.Cc1cccc(C(C)Br)c1.Cc1cccc(C(C)O)c1. The lowest BCUT2D eigenvalue weighted by Gasteiger charge is -2.03. The Labute approximate surface area is 179 Å². The van der Waals surface area contributed by atoms with E-state index >= 15 is 0 Å². The number of alkyl halides is 1. The Kier molecular flexibility index (Phi) is 14.3. The fourth-order valence-corrected chi connectivity index (χ4v) is 2.13. The van der Waals surface area contributed by atoms with E-state index in [0.717, 1.165) is 5.56 Å². The van der Waals surface area contributed by atoms with Crippen molar-refractivity contribution in [2.75, 3.05) is 0 Å². The quantitative estimate of drug-likeness (QED) is 0.268. The monoisotopic (exact) mass is 602 g/mol. The Balaban J connectivity index is 0.000000363. The molecule has 0 aromatic heterocycles. The minimum absolute atomic E-state index is 0.183. The van der Waals surface area contributed by atoms with Crippen LogP contribution < -0.4 is 0 Å². The molecular weight excluding hydrogens is 583 g/mol. The number of hydrogen-bond acceptors (Lipinski definition) is 1. The van der Waals surface area contributed by atoms with E-state index in [2.05, 4.69) is 101 Å². The van der Waals surface area contributed by atoms with Crippen LogP contribution in [0, 0.1) is 13.8 Å². The topological polar surface area (TPSA) is 20.2 Å². The smallest absolute Gasteiger partial charge is 0.103 e. The standard InChI is InChI=1S/C9H11Br.C9H12O.Br3P/c2*1-7-4-3-5-9(6-7)8(2)10;1-4(2)3/h3-6,8H,1-2H3;3-6,8,10H,1-2H3;. The highest BCUT2D eigenvalue weighted by Crippen LogP contribution is 2.59. The number of hydrogen-bond donors (Lipinski definition) is 1. The van der Waals surface area contributed by atoms with Crippen molar-refractivity contribution in [3.8, 4) is 0 Å². The fraction of sp³-hybridized carbons (Fsp3) is 0.333. The maximum absolute atomic E-state index is 9.15. The average molecular weight is 606 g/mol. The van der Waals surface area contributed by atoms with Gasteiger partial charge in [0.1, 0.15) is 4.03 Å². The van der Waals surface area contributed by atoms with Crippen LogP contribution in [0.15, 0.2) is 48.5 Å². The van der Waals surface area contributed by atoms with E-state index in [9.17, 15) is 0 Å². The summed E-state index contributed by atoms with van der Waals surface area (Å²) in [5, 5.41) is 9.15. The van der Waals surface area contributed by atoms with Crippen LogP contribution in [0.25, 0.3) is 0 Å². The van der Waals surface area contributed by atoms with Gasteiger partial charge in [-0.2, -0.15) is 0 Å². The van der Waals surface area contributed by atoms with E-state index in [0.29, 0.717) is 4.83 Å². The van der Waals surface area contributed by atoms with E-state index in [4.69, 9.17) is 5.11 Å². The molecule has 0 radical (unpaired) electrons. The Bertz CT molecular complexity index is 536. The zero-order valence-corrected chi connectivity index (χ0v) is 21.4. The number of aliphatic hydroxyl groups is 1. The van der Waals surface area contributed by atoms with Crippen molar-refractivity contribution < 1.29 is 5.11 Å². The highest BCUT2D eigenvalue weighted by Gasteiger charge is 1.98. The Morgan fingerprint density at radius 3 is 1.46 bits per heavy atom. The minimum Gasteiger partial charge on any atom is -0.389 e. The number of benzene rings is 2. The summed E-state index contributed by atoms with van der Waals surface area (Å²) in [5.41, 5.74) is 4.85. The first-order valence-electron chi connectivity index (χ1n) is 7.36. The molecule has 0 saturated carbocycles. The molecule has 0 saturated heterocycles. The molecule has 0 amide bonds. The van der Waals surface area contributed by atoms with Crippen molar-refractivity contribution in [1.29, 1.82) is 0 Å². The summed E-state index contributed by atoms with van der Waals surface area (Å²) >= 11 is 13.0. The summed E-state index contributed by atoms with van der Waals surface area (Å²) in [5.74, 6) is 0. The predicted octanol–water partition coefficient (Wildman–Crippen LogP) is 8.90. The van der Waals surface area contributed by atoms with Gasteiger partial charge in [-0.15, -0.1) is 0 Å². The zero-order valence-electron chi connectivity index (χ0n) is 14.2. The molecule has 2 aromatic rings. The summed E-state index contributed by atoms with van der Waals surface area (Å²) < 4.78 is -0.183. The van der Waals surface area contributed by atoms with Gasteiger partial charge in [0.15, 0.2) is 0 Å². The molecule has 134 valence electrons. The van der Waals surface area contributed by atoms with Crippen molar-refractivity contribution in [3.05, 3.63) is 70.8 Å². The first kappa shape index (κ1) is 24.8. The molecule has 6 heteroatoms. The van der Waals surface area contributed by atoms with Gasteiger partial charge in [-0.1, -0.05) is 75.6 Å². The molecule has 2 atom stereocenters. The van der Waals surface area contributed by atoms with Gasteiger partial charge in [0.2, 0.25) is 0 Å². The van der Waals surface area contributed by atoms with Gasteiger partial charge in [0.25, 0.3) is 0 Å². The van der Waals surface area contributed by atoms with E-state index in [1.165, 1.54) is 16.7 Å². The fourth-order valence-electron chi connectivity index (χ4n) is 1.85. The molecule has 0 bridgehead atoms. The second-order valence-corrected chi connectivity index (χ2v) is 22.0. The lowest BCUT2D eigenvalue weighted by atomic mass is 10.1. The zero-order chi connectivity index (χ0) is 18.7. The second kappa shape index (κ2) is 13.9. The van der Waals surface area contributed by atoms with Crippen LogP contribution in [0.2, 0.25) is 0 Å². The maximum Gasteiger partial charge on any atom is 0.103 e. The van der Waals surface area contributed by atoms with Crippen LogP contribution in [-0.2, 0) is 0 Å². The van der Waals surface area contributed by atoms with E-state index in [1.54, 1.807) is 6.92 Å². The number of aliphatic hydroxyl groups excluding tert-OH is 1. The highest BCUT2D eigenvalue weighted by molar-refractivity contribution is 9.93. The Hall–Kier alpha value is 0.750. The third-order valence-corrected chi connectivity index (χ3v) is 3.55. The Morgan fingerprint density at radius 2 is 1.21 bits per heavy atom. The van der Waals surface area contributed by atoms with E-state index < -0.39 is 0 Å². The van der Waals surface area contributed by atoms with Crippen molar-refractivity contribution in [2.24, 2.45) is 0 Å². The molecule has 24 heavy (non-hydrogen) atoms.